The highest BCUT2D eigenvalue weighted by Crippen LogP contribution is 2.16. The van der Waals surface area contributed by atoms with Crippen molar-refractivity contribution in [2.45, 2.75) is 13.5 Å². The van der Waals surface area contributed by atoms with Crippen LogP contribution in [0.3, 0.4) is 0 Å². The Morgan fingerprint density at radius 2 is 1.80 bits per heavy atom. The van der Waals surface area contributed by atoms with Crippen molar-refractivity contribution in [2.75, 3.05) is 38.6 Å². The molecule has 1 N–H and O–H groups in total. The minimum absolute atomic E-state index is 0.0413. The van der Waals surface area contributed by atoms with Gasteiger partial charge in [0.1, 0.15) is 5.75 Å². The van der Waals surface area contributed by atoms with Crippen molar-refractivity contribution in [3.05, 3.63) is 59.7 Å². The van der Waals surface area contributed by atoms with Crippen LogP contribution in [-0.4, -0.2) is 49.1 Å². The molecule has 0 bridgehead atoms. The zero-order chi connectivity index (χ0) is 17.6. The summed E-state index contributed by atoms with van der Waals surface area (Å²) in [5.41, 5.74) is 3.40. The summed E-state index contributed by atoms with van der Waals surface area (Å²) in [5, 5.41) is 2.95. The largest absolute Gasteiger partial charge is 0.497 e. The van der Waals surface area contributed by atoms with Crippen molar-refractivity contribution in [1.29, 1.82) is 0 Å². The molecule has 2 aromatic carbocycles. The molecule has 5 nitrogen and oxygen atoms in total. The Balaban J connectivity index is 1.48. The Morgan fingerprint density at radius 1 is 1.08 bits per heavy atom. The van der Waals surface area contributed by atoms with Gasteiger partial charge in [0, 0.05) is 38.4 Å². The van der Waals surface area contributed by atoms with Gasteiger partial charge in [-0.3, -0.25) is 4.90 Å². The van der Waals surface area contributed by atoms with Crippen molar-refractivity contribution < 1.29 is 9.53 Å². The minimum atomic E-state index is -0.0413. The predicted octanol–water partition coefficient (Wildman–Crippen LogP) is 3.35. The maximum atomic E-state index is 12.4. The second kappa shape index (κ2) is 8.03. The van der Waals surface area contributed by atoms with E-state index < -0.39 is 0 Å². The van der Waals surface area contributed by atoms with Gasteiger partial charge in [-0.15, -0.1) is 0 Å². The molecule has 5 heteroatoms. The summed E-state index contributed by atoms with van der Waals surface area (Å²) in [7, 11) is 1.63. The van der Waals surface area contributed by atoms with Crippen LogP contribution in [0.5, 0.6) is 5.75 Å². The van der Waals surface area contributed by atoms with Gasteiger partial charge in [-0.1, -0.05) is 29.8 Å². The van der Waals surface area contributed by atoms with Crippen molar-refractivity contribution >= 4 is 11.7 Å². The molecule has 1 aliphatic heterocycles. The van der Waals surface area contributed by atoms with Crippen LogP contribution in [0.25, 0.3) is 0 Å². The Hall–Kier alpha value is -2.53. The molecule has 0 aromatic heterocycles. The van der Waals surface area contributed by atoms with E-state index in [1.807, 2.05) is 29.2 Å². The van der Waals surface area contributed by atoms with Crippen LogP contribution in [0, 0.1) is 6.92 Å². The Morgan fingerprint density at radius 3 is 2.44 bits per heavy atom. The van der Waals surface area contributed by atoms with Gasteiger partial charge < -0.3 is 15.0 Å². The Kier molecular flexibility index (Phi) is 5.56. The molecule has 0 atom stereocenters. The van der Waals surface area contributed by atoms with Crippen LogP contribution >= 0.6 is 0 Å². The van der Waals surface area contributed by atoms with E-state index >= 15 is 0 Å². The van der Waals surface area contributed by atoms with Crippen LogP contribution < -0.4 is 10.1 Å². The number of benzene rings is 2. The van der Waals surface area contributed by atoms with Crippen LogP contribution in [0.1, 0.15) is 11.1 Å². The minimum Gasteiger partial charge on any atom is -0.497 e. The lowest BCUT2D eigenvalue weighted by Gasteiger charge is -2.34. The van der Waals surface area contributed by atoms with Crippen molar-refractivity contribution in [3.8, 4) is 5.75 Å². The molecule has 1 saturated heterocycles. The maximum absolute atomic E-state index is 12.4. The molecule has 25 heavy (non-hydrogen) atoms. The molecular formula is C20H25N3O2. The first-order valence-corrected chi connectivity index (χ1v) is 8.62. The van der Waals surface area contributed by atoms with Gasteiger partial charge in [0.2, 0.25) is 0 Å². The summed E-state index contributed by atoms with van der Waals surface area (Å²) >= 11 is 0. The fourth-order valence-corrected chi connectivity index (χ4v) is 3.05. The molecule has 0 aliphatic carbocycles. The number of hydrogen-bond donors (Lipinski definition) is 1. The third kappa shape index (κ3) is 4.73. The van der Waals surface area contributed by atoms with Crippen LogP contribution in [0.15, 0.2) is 48.5 Å². The molecule has 1 heterocycles. The molecule has 2 amide bonds. The summed E-state index contributed by atoms with van der Waals surface area (Å²) in [6.45, 7) is 6.33. The van der Waals surface area contributed by atoms with Crippen molar-refractivity contribution in [3.63, 3.8) is 0 Å². The normalized spacial score (nSPS) is 15.0. The number of ether oxygens (including phenoxy) is 1. The molecule has 0 unspecified atom stereocenters. The van der Waals surface area contributed by atoms with Crippen molar-refractivity contribution in [2.24, 2.45) is 0 Å². The van der Waals surface area contributed by atoms with E-state index in [-0.39, 0.29) is 6.03 Å². The second-order valence-electron chi connectivity index (χ2n) is 6.41. The first-order chi connectivity index (χ1) is 12.1. The van der Waals surface area contributed by atoms with E-state index in [2.05, 4.69) is 41.4 Å². The Labute approximate surface area is 149 Å². The number of anilines is 1. The summed E-state index contributed by atoms with van der Waals surface area (Å²) < 4.78 is 5.13. The van der Waals surface area contributed by atoms with Gasteiger partial charge in [-0.25, -0.2) is 4.79 Å². The van der Waals surface area contributed by atoms with E-state index in [9.17, 15) is 4.79 Å². The van der Waals surface area contributed by atoms with Crippen LogP contribution in [0.4, 0.5) is 10.5 Å². The second-order valence-corrected chi connectivity index (χ2v) is 6.41. The molecule has 1 fully saturated rings. The van der Waals surface area contributed by atoms with Crippen molar-refractivity contribution in [1.82, 2.24) is 9.80 Å². The molecule has 132 valence electrons. The first kappa shape index (κ1) is 17.3. The number of carbonyl (C=O) groups is 1. The molecule has 3 rings (SSSR count). The quantitative estimate of drug-likeness (QED) is 0.929. The molecule has 1 aliphatic rings. The molecule has 0 radical (unpaired) electrons. The number of rotatable bonds is 4. The first-order valence-electron chi connectivity index (χ1n) is 8.62. The standard InChI is InChI=1S/C20H25N3O2/c1-16-4-3-5-17(14-16)15-22-10-12-23(13-11-22)20(24)21-18-6-8-19(25-2)9-7-18/h3-9,14H,10-13,15H2,1-2H3,(H,21,24). The molecule has 0 saturated carbocycles. The number of urea groups is 1. The molecular weight excluding hydrogens is 314 g/mol. The summed E-state index contributed by atoms with van der Waals surface area (Å²) in [5.74, 6) is 0.780. The summed E-state index contributed by atoms with van der Waals surface area (Å²) in [6, 6.07) is 16.0. The highest BCUT2D eigenvalue weighted by atomic mass is 16.5. The van der Waals surface area contributed by atoms with Crippen LogP contribution in [-0.2, 0) is 6.54 Å². The number of piperazine rings is 1. The zero-order valence-electron chi connectivity index (χ0n) is 14.9. The van der Waals surface area contributed by atoms with Crippen LogP contribution in [0.2, 0.25) is 0 Å². The predicted molar refractivity (Wildman–Crippen MR) is 100 cm³/mol. The number of nitrogens with zero attached hydrogens (tertiary/aromatic N) is 2. The SMILES string of the molecule is COc1ccc(NC(=O)N2CCN(Cc3cccc(C)c3)CC2)cc1. The van der Waals surface area contributed by atoms with Gasteiger partial charge in [-0.05, 0) is 36.8 Å². The van der Waals surface area contributed by atoms with Gasteiger partial charge in [-0.2, -0.15) is 0 Å². The third-order valence-corrected chi connectivity index (χ3v) is 4.49. The smallest absolute Gasteiger partial charge is 0.321 e. The lowest BCUT2D eigenvalue weighted by Crippen LogP contribution is -2.49. The summed E-state index contributed by atoms with van der Waals surface area (Å²) in [4.78, 5) is 16.7. The number of methoxy groups -OCH3 is 1. The van der Waals surface area contributed by atoms with E-state index in [0.717, 1.165) is 44.2 Å². The number of carbonyl (C=O) groups excluding carboxylic acids is 1. The number of hydrogen-bond acceptors (Lipinski definition) is 3. The average Bonchev–Trinajstić information content (AvgIpc) is 2.63. The highest BCUT2D eigenvalue weighted by Gasteiger charge is 2.21. The third-order valence-electron chi connectivity index (χ3n) is 4.49. The fraction of sp³-hybridized carbons (Fsp3) is 0.350. The van der Waals surface area contributed by atoms with E-state index in [0.29, 0.717) is 0 Å². The lowest BCUT2D eigenvalue weighted by atomic mass is 10.1. The van der Waals surface area contributed by atoms with E-state index in [1.54, 1.807) is 7.11 Å². The van der Waals surface area contributed by atoms with Gasteiger partial charge in [0.15, 0.2) is 0 Å². The van der Waals surface area contributed by atoms with E-state index in [1.165, 1.54) is 11.1 Å². The van der Waals surface area contributed by atoms with Gasteiger partial charge in [0.05, 0.1) is 7.11 Å². The van der Waals surface area contributed by atoms with Gasteiger partial charge >= 0.3 is 6.03 Å². The maximum Gasteiger partial charge on any atom is 0.321 e. The average molecular weight is 339 g/mol. The zero-order valence-corrected chi connectivity index (χ0v) is 14.9. The number of aryl methyl sites for hydroxylation is 1. The number of amides is 2. The monoisotopic (exact) mass is 339 g/mol. The van der Waals surface area contributed by atoms with E-state index in [4.69, 9.17) is 4.74 Å². The Bertz CT molecular complexity index is 707. The fourth-order valence-electron chi connectivity index (χ4n) is 3.05. The molecule has 2 aromatic rings. The lowest BCUT2D eigenvalue weighted by molar-refractivity contribution is 0.143. The topological polar surface area (TPSA) is 44.8 Å². The summed E-state index contributed by atoms with van der Waals surface area (Å²) in [6.07, 6.45) is 0. The van der Waals surface area contributed by atoms with Gasteiger partial charge in [0.25, 0.3) is 0 Å². The highest BCUT2D eigenvalue weighted by molar-refractivity contribution is 5.89. The number of nitrogens with one attached hydrogen (secondary N) is 1. The molecule has 0 spiro atoms.